The fraction of sp³-hybridized carbons (Fsp3) is 0.235. The van der Waals surface area contributed by atoms with Gasteiger partial charge in [0.1, 0.15) is 12.6 Å². The van der Waals surface area contributed by atoms with E-state index in [4.69, 9.17) is 23.2 Å². The quantitative estimate of drug-likeness (QED) is 0.136. The number of carbonyl (C=O) groups excluding carboxylic acids is 2. The Kier molecular flexibility index (Phi) is 12.5. The summed E-state index contributed by atoms with van der Waals surface area (Å²) in [6.07, 6.45) is 1.89. The van der Waals surface area contributed by atoms with Gasteiger partial charge in [0.2, 0.25) is 11.8 Å². The van der Waals surface area contributed by atoms with Crippen molar-refractivity contribution in [3.8, 4) is 0 Å². The molecule has 4 aromatic carbocycles. The number of rotatable bonds is 14. The number of benzene rings is 4. The minimum absolute atomic E-state index is 0.0218. The van der Waals surface area contributed by atoms with Crippen molar-refractivity contribution in [3.63, 3.8) is 0 Å². The van der Waals surface area contributed by atoms with Gasteiger partial charge in [0.15, 0.2) is 0 Å². The van der Waals surface area contributed by atoms with Crippen LogP contribution in [-0.4, -0.2) is 44.3 Å². The maximum atomic E-state index is 14.5. The number of nitrogens with one attached hydrogen (secondary N) is 1. The molecule has 0 spiro atoms. The topological polar surface area (TPSA) is 86.8 Å². The van der Waals surface area contributed by atoms with E-state index in [1.54, 1.807) is 24.3 Å². The minimum Gasteiger partial charge on any atom is -0.354 e. The summed E-state index contributed by atoms with van der Waals surface area (Å²) in [5.41, 5.74) is 1.68. The number of nitrogens with zero attached hydrogens (tertiary/aromatic N) is 2. The highest BCUT2D eigenvalue weighted by Gasteiger charge is 2.35. The van der Waals surface area contributed by atoms with Crippen molar-refractivity contribution in [3.05, 3.63) is 129 Å². The smallest absolute Gasteiger partial charge is 0.264 e. The molecule has 0 saturated heterocycles. The zero-order valence-corrected chi connectivity index (χ0v) is 28.6. The van der Waals surface area contributed by atoms with Crippen LogP contribution in [0.15, 0.2) is 112 Å². The number of unbranched alkanes of at least 4 members (excludes halogenated alkanes) is 1. The summed E-state index contributed by atoms with van der Waals surface area (Å²) < 4.78 is 30.0. The maximum absolute atomic E-state index is 14.5. The van der Waals surface area contributed by atoms with E-state index in [1.165, 1.54) is 29.2 Å². The van der Waals surface area contributed by atoms with E-state index in [9.17, 15) is 18.0 Å². The lowest BCUT2D eigenvalue weighted by Crippen LogP contribution is -2.53. The molecule has 1 atom stereocenters. The Hall–Kier alpha value is -3.37. The van der Waals surface area contributed by atoms with Gasteiger partial charge >= 0.3 is 0 Å². The van der Waals surface area contributed by atoms with Crippen LogP contribution < -0.4 is 9.62 Å². The van der Waals surface area contributed by atoms with Crippen LogP contribution in [0.1, 0.15) is 30.9 Å². The van der Waals surface area contributed by atoms with E-state index in [0.29, 0.717) is 6.54 Å². The summed E-state index contributed by atoms with van der Waals surface area (Å²) in [6, 6.07) is 28.1. The average molecular weight is 732 g/mol. The summed E-state index contributed by atoms with van der Waals surface area (Å²) in [6.45, 7) is 1.92. The Morgan fingerprint density at radius 1 is 0.867 bits per heavy atom. The van der Waals surface area contributed by atoms with Crippen molar-refractivity contribution in [1.29, 1.82) is 0 Å². The molecule has 1 N–H and O–H groups in total. The second-order valence-corrected chi connectivity index (χ2v) is 14.0. The van der Waals surface area contributed by atoms with E-state index >= 15 is 0 Å². The second-order valence-electron chi connectivity index (χ2n) is 10.4. The minimum atomic E-state index is -4.29. The summed E-state index contributed by atoms with van der Waals surface area (Å²) in [4.78, 5) is 29.7. The molecule has 4 aromatic rings. The molecular weight excluding hydrogens is 697 g/mol. The normalized spacial score (nSPS) is 11.9. The Bertz CT molecular complexity index is 1690. The Morgan fingerprint density at radius 3 is 2.16 bits per heavy atom. The van der Waals surface area contributed by atoms with Crippen LogP contribution in [0.3, 0.4) is 0 Å². The molecule has 0 saturated carbocycles. The Balaban J connectivity index is 1.81. The van der Waals surface area contributed by atoms with Gasteiger partial charge in [-0.2, -0.15) is 0 Å². The highest BCUT2D eigenvalue weighted by atomic mass is 79.9. The van der Waals surface area contributed by atoms with Crippen molar-refractivity contribution in [2.45, 2.75) is 43.7 Å². The predicted octanol–water partition coefficient (Wildman–Crippen LogP) is 7.51. The molecular formula is C34H34BrCl2N3O4S. The van der Waals surface area contributed by atoms with Crippen LogP contribution in [0.2, 0.25) is 10.0 Å². The largest absolute Gasteiger partial charge is 0.354 e. The average Bonchev–Trinajstić information content (AvgIpc) is 3.04. The van der Waals surface area contributed by atoms with E-state index in [0.717, 1.165) is 32.7 Å². The van der Waals surface area contributed by atoms with Crippen LogP contribution in [0.25, 0.3) is 0 Å². The molecule has 0 radical (unpaired) electrons. The van der Waals surface area contributed by atoms with E-state index in [-0.39, 0.29) is 39.5 Å². The number of hydrogen-bond acceptors (Lipinski definition) is 4. The summed E-state index contributed by atoms with van der Waals surface area (Å²) in [5.74, 6) is -0.906. The zero-order valence-electron chi connectivity index (χ0n) is 24.7. The third-order valence-electron chi connectivity index (χ3n) is 7.15. The molecule has 11 heteroatoms. The van der Waals surface area contributed by atoms with Crippen LogP contribution >= 0.6 is 39.1 Å². The molecule has 0 aliphatic rings. The van der Waals surface area contributed by atoms with Gasteiger partial charge in [-0.1, -0.05) is 113 Å². The first-order chi connectivity index (χ1) is 21.6. The van der Waals surface area contributed by atoms with Crippen molar-refractivity contribution in [2.75, 3.05) is 17.4 Å². The van der Waals surface area contributed by atoms with Crippen molar-refractivity contribution >= 4 is 66.7 Å². The van der Waals surface area contributed by atoms with Crippen molar-refractivity contribution in [1.82, 2.24) is 10.2 Å². The lowest BCUT2D eigenvalue weighted by molar-refractivity contribution is -0.140. The van der Waals surface area contributed by atoms with Gasteiger partial charge in [-0.05, 0) is 60.0 Å². The summed E-state index contributed by atoms with van der Waals surface area (Å²) >= 11 is 16.3. The number of amides is 2. The molecule has 7 nitrogen and oxygen atoms in total. The molecule has 236 valence electrons. The van der Waals surface area contributed by atoms with Crippen molar-refractivity contribution in [2.24, 2.45) is 0 Å². The Morgan fingerprint density at radius 2 is 1.51 bits per heavy atom. The van der Waals surface area contributed by atoms with Crippen LogP contribution in [0.4, 0.5) is 5.69 Å². The summed E-state index contributed by atoms with van der Waals surface area (Å²) in [5, 5.41) is 3.33. The Labute approximate surface area is 283 Å². The van der Waals surface area contributed by atoms with Gasteiger partial charge in [0, 0.05) is 29.0 Å². The maximum Gasteiger partial charge on any atom is 0.264 e. The molecule has 0 aliphatic heterocycles. The first-order valence-corrected chi connectivity index (χ1v) is 17.5. The number of hydrogen-bond donors (Lipinski definition) is 1. The monoisotopic (exact) mass is 729 g/mol. The first kappa shape index (κ1) is 34.5. The molecule has 0 aliphatic carbocycles. The fourth-order valence-electron chi connectivity index (χ4n) is 4.76. The van der Waals surface area contributed by atoms with Crippen LogP contribution in [0.5, 0.6) is 0 Å². The van der Waals surface area contributed by atoms with E-state index in [2.05, 4.69) is 21.2 Å². The predicted molar refractivity (Wildman–Crippen MR) is 184 cm³/mol. The van der Waals surface area contributed by atoms with E-state index < -0.39 is 28.5 Å². The SMILES string of the molecule is CCCCNC(=O)C(Cc1ccccc1)N(Cc1ccc(Br)cc1)C(=O)CN(c1cc(Cl)ccc1Cl)S(=O)(=O)c1ccccc1. The summed E-state index contributed by atoms with van der Waals surface area (Å²) in [7, 11) is -4.29. The third-order valence-corrected chi connectivity index (χ3v) is 10.0. The van der Waals surface area contributed by atoms with Gasteiger partial charge < -0.3 is 10.2 Å². The molecule has 0 bridgehead atoms. The standard InChI is InChI=1S/C34H34BrCl2N3O4S/c1-2-3-20-38-34(42)32(21-25-10-6-4-7-11-25)39(23-26-14-16-27(35)17-15-26)33(41)24-40(31-22-28(36)18-19-30(31)37)45(43,44)29-12-8-5-9-13-29/h4-19,22,32H,2-3,20-21,23-24H2,1H3,(H,38,42). The zero-order chi connectivity index (χ0) is 32.4. The van der Waals surface area contributed by atoms with Gasteiger partial charge in [-0.3, -0.25) is 13.9 Å². The first-order valence-electron chi connectivity index (χ1n) is 14.5. The fourth-order valence-corrected chi connectivity index (χ4v) is 6.90. The highest BCUT2D eigenvalue weighted by Crippen LogP contribution is 2.33. The molecule has 2 amide bonds. The molecule has 0 fully saturated rings. The van der Waals surface area contributed by atoms with Gasteiger partial charge in [-0.15, -0.1) is 0 Å². The molecule has 4 rings (SSSR count). The van der Waals surface area contributed by atoms with Crippen LogP contribution in [-0.2, 0) is 32.6 Å². The molecule has 0 heterocycles. The number of anilines is 1. The van der Waals surface area contributed by atoms with E-state index in [1.807, 2.05) is 61.5 Å². The van der Waals surface area contributed by atoms with Gasteiger partial charge in [-0.25, -0.2) is 8.42 Å². The molecule has 1 unspecified atom stereocenters. The number of sulfonamides is 1. The highest BCUT2D eigenvalue weighted by molar-refractivity contribution is 9.10. The van der Waals surface area contributed by atoms with Gasteiger partial charge in [0.25, 0.3) is 10.0 Å². The molecule has 45 heavy (non-hydrogen) atoms. The van der Waals surface area contributed by atoms with Crippen molar-refractivity contribution < 1.29 is 18.0 Å². The van der Waals surface area contributed by atoms with Crippen LogP contribution in [0, 0.1) is 0 Å². The third kappa shape index (κ3) is 9.33. The number of halogens is 3. The lowest BCUT2D eigenvalue weighted by Gasteiger charge is -2.34. The number of carbonyl (C=O) groups is 2. The molecule has 0 aromatic heterocycles. The lowest BCUT2D eigenvalue weighted by atomic mass is 10.0. The second kappa shape index (κ2) is 16.3. The van der Waals surface area contributed by atoms with Gasteiger partial charge in [0.05, 0.1) is 15.6 Å².